The van der Waals surface area contributed by atoms with E-state index in [0.717, 1.165) is 11.1 Å². The van der Waals surface area contributed by atoms with Gasteiger partial charge in [0.25, 0.3) is 0 Å². The minimum atomic E-state index is -4.47. The predicted octanol–water partition coefficient (Wildman–Crippen LogP) is -0.751. The molecule has 1 aromatic rings. The Morgan fingerprint density at radius 1 is 1.35 bits per heavy atom. The third-order valence-electron chi connectivity index (χ3n) is 2.41. The van der Waals surface area contributed by atoms with Gasteiger partial charge in [-0.3, -0.25) is 4.72 Å². The van der Waals surface area contributed by atoms with E-state index in [2.05, 4.69) is 4.72 Å². The standard InChI is InChI=1S/C11H17NO3S.Na/c1-4-9-6-5-7-10(8(2)3)11(9)12-16(13,14)15;/h5-8,12H,4H2,1-3H3,(H,13,14,15);/q;+1/p-1. The SMILES string of the molecule is CCc1cccc(C(C)C)c1NS(=O)(=O)[O-].[Na+]. The van der Waals surface area contributed by atoms with Gasteiger partial charge in [-0.15, -0.1) is 0 Å². The molecule has 0 amide bonds. The Morgan fingerprint density at radius 3 is 2.35 bits per heavy atom. The Labute approximate surface area is 125 Å². The van der Waals surface area contributed by atoms with Crippen LogP contribution in [0.15, 0.2) is 18.2 Å². The number of para-hydroxylation sites is 1. The molecule has 0 spiro atoms. The quantitative estimate of drug-likeness (QED) is 0.575. The Kier molecular flexibility index (Phi) is 6.73. The first kappa shape index (κ1) is 16.9. The molecule has 1 rings (SSSR count). The van der Waals surface area contributed by atoms with Gasteiger partial charge in [-0.25, -0.2) is 8.42 Å². The maximum absolute atomic E-state index is 10.8. The van der Waals surface area contributed by atoms with Gasteiger partial charge in [0.2, 0.25) is 0 Å². The van der Waals surface area contributed by atoms with Crippen LogP contribution in [0.25, 0.3) is 0 Å². The molecule has 1 N–H and O–H groups in total. The fraction of sp³-hybridized carbons (Fsp3) is 0.455. The summed E-state index contributed by atoms with van der Waals surface area (Å²) in [5, 5.41) is 0. The number of hydrogen-bond donors (Lipinski definition) is 1. The van der Waals surface area contributed by atoms with Crippen molar-refractivity contribution < 1.29 is 42.5 Å². The van der Waals surface area contributed by atoms with E-state index in [1.807, 2.05) is 39.0 Å². The van der Waals surface area contributed by atoms with Crippen LogP contribution < -0.4 is 34.3 Å². The van der Waals surface area contributed by atoms with Gasteiger partial charge in [-0.05, 0) is 23.5 Å². The first-order valence-electron chi connectivity index (χ1n) is 5.20. The fourth-order valence-corrected chi connectivity index (χ4v) is 2.14. The van der Waals surface area contributed by atoms with Gasteiger partial charge in [0.05, 0.1) is 5.69 Å². The normalized spacial score (nSPS) is 11.1. The van der Waals surface area contributed by atoms with Crippen molar-refractivity contribution in [3.05, 3.63) is 29.3 Å². The van der Waals surface area contributed by atoms with Crippen LogP contribution in [0, 0.1) is 0 Å². The zero-order valence-corrected chi connectivity index (χ0v) is 13.5. The Bertz CT molecular complexity index is 472. The summed E-state index contributed by atoms with van der Waals surface area (Å²) in [4.78, 5) is 0. The predicted molar refractivity (Wildman–Crippen MR) is 63.2 cm³/mol. The number of nitrogens with one attached hydrogen (secondary N) is 1. The van der Waals surface area contributed by atoms with E-state index in [-0.39, 0.29) is 35.5 Å². The molecule has 0 fully saturated rings. The first-order valence-corrected chi connectivity index (χ1v) is 6.61. The Balaban J connectivity index is 0.00000256. The molecule has 0 heterocycles. The van der Waals surface area contributed by atoms with E-state index in [1.54, 1.807) is 0 Å². The van der Waals surface area contributed by atoms with Gasteiger partial charge in [-0.2, -0.15) is 0 Å². The van der Waals surface area contributed by atoms with Crippen LogP contribution in [0.2, 0.25) is 0 Å². The van der Waals surface area contributed by atoms with Crippen molar-refractivity contribution in [1.29, 1.82) is 0 Å². The molecule has 0 saturated carbocycles. The average Bonchev–Trinajstić information content (AvgIpc) is 2.15. The smallest absolute Gasteiger partial charge is 0.731 e. The van der Waals surface area contributed by atoms with E-state index in [1.165, 1.54) is 0 Å². The third-order valence-corrected chi connectivity index (χ3v) is 2.87. The van der Waals surface area contributed by atoms with E-state index in [4.69, 9.17) is 0 Å². The zero-order valence-electron chi connectivity index (χ0n) is 10.6. The van der Waals surface area contributed by atoms with Crippen LogP contribution >= 0.6 is 0 Å². The molecule has 0 aromatic heterocycles. The molecule has 0 unspecified atom stereocenters. The van der Waals surface area contributed by atoms with Gasteiger partial charge in [0, 0.05) is 0 Å². The van der Waals surface area contributed by atoms with Crippen molar-refractivity contribution in [2.45, 2.75) is 33.1 Å². The summed E-state index contributed by atoms with van der Waals surface area (Å²) < 4.78 is 34.4. The first-order chi connectivity index (χ1) is 7.35. The molecule has 90 valence electrons. The molecule has 0 bridgehead atoms. The van der Waals surface area contributed by atoms with Crippen molar-refractivity contribution in [3.63, 3.8) is 0 Å². The third kappa shape index (κ3) is 4.97. The molecule has 0 atom stereocenters. The number of anilines is 1. The fourth-order valence-electron chi connectivity index (χ4n) is 1.65. The second-order valence-electron chi connectivity index (χ2n) is 3.95. The van der Waals surface area contributed by atoms with Crippen molar-refractivity contribution in [2.75, 3.05) is 4.72 Å². The van der Waals surface area contributed by atoms with E-state index in [0.29, 0.717) is 12.1 Å². The zero-order chi connectivity index (χ0) is 12.3. The average molecular weight is 265 g/mol. The van der Waals surface area contributed by atoms with Gasteiger partial charge in [-0.1, -0.05) is 39.0 Å². The van der Waals surface area contributed by atoms with Gasteiger partial charge >= 0.3 is 29.6 Å². The maximum Gasteiger partial charge on any atom is 1.00 e. The Morgan fingerprint density at radius 2 is 1.94 bits per heavy atom. The number of hydrogen-bond acceptors (Lipinski definition) is 3. The maximum atomic E-state index is 10.8. The van der Waals surface area contributed by atoms with E-state index < -0.39 is 10.3 Å². The van der Waals surface area contributed by atoms with Crippen LogP contribution in [0.5, 0.6) is 0 Å². The minimum Gasteiger partial charge on any atom is -0.731 e. The molecule has 0 saturated heterocycles. The largest absolute Gasteiger partial charge is 1.00 e. The molecule has 0 aliphatic heterocycles. The summed E-state index contributed by atoms with van der Waals surface area (Å²) >= 11 is 0. The number of rotatable bonds is 4. The van der Waals surface area contributed by atoms with Gasteiger partial charge in [0.15, 0.2) is 10.3 Å². The molecule has 17 heavy (non-hydrogen) atoms. The van der Waals surface area contributed by atoms with E-state index >= 15 is 0 Å². The molecule has 0 aliphatic rings. The second kappa shape index (κ2) is 6.75. The molecule has 0 radical (unpaired) electrons. The second-order valence-corrected chi connectivity index (χ2v) is 5.06. The van der Waals surface area contributed by atoms with Crippen molar-refractivity contribution in [3.8, 4) is 0 Å². The molecule has 6 heteroatoms. The molecule has 1 aromatic carbocycles. The van der Waals surface area contributed by atoms with Crippen LogP contribution in [-0.4, -0.2) is 13.0 Å². The van der Waals surface area contributed by atoms with Crippen LogP contribution in [-0.2, 0) is 16.7 Å². The topological polar surface area (TPSA) is 69.2 Å². The summed E-state index contributed by atoms with van der Waals surface area (Å²) in [6, 6.07) is 5.52. The van der Waals surface area contributed by atoms with Gasteiger partial charge in [0.1, 0.15) is 0 Å². The minimum absolute atomic E-state index is 0. The summed E-state index contributed by atoms with van der Waals surface area (Å²) in [7, 11) is -4.47. The molecular formula is C11H16NNaO3S. The van der Waals surface area contributed by atoms with Crippen molar-refractivity contribution in [2.24, 2.45) is 0 Å². The van der Waals surface area contributed by atoms with Crippen LogP contribution in [0.3, 0.4) is 0 Å². The summed E-state index contributed by atoms with van der Waals surface area (Å²) in [5.74, 6) is 0.163. The molecule has 4 nitrogen and oxygen atoms in total. The van der Waals surface area contributed by atoms with Gasteiger partial charge < -0.3 is 4.55 Å². The Hall–Kier alpha value is -0.0700. The number of aryl methyl sites for hydroxylation is 1. The summed E-state index contributed by atoms with van der Waals surface area (Å²) in [5.41, 5.74) is 2.12. The summed E-state index contributed by atoms with van der Waals surface area (Å²) in [6.07, 6.45) is 0.679. The monoisotopic (exact) mass is 265 g/mol. The summed E-state index contributed by atoms with van der Waals surface area (Å²) in [6.45, 7) is 5.83. The van der Waals surface area contributed by atoms with Crippen LogP contribution in [0.4, 0.5) is 5.69 Å². The number of benzene rings is 1. The molecular weight excluding hydrogens is 249 g/mol. The van der Waals surface area contributed by atoms with Crippen molar-refractivity contribution in [1.82, 2.24) is 0 Å². The molecule has 0 aliphatic carbocycles. The van der Waals surface area contributed by atoms with Crippen molar-refractivity contribution >= 4 is 16.0 Å². The van der Waals surface area contributed by atoms with Crippen LogP contribution in [0.1, 0.15) is 37.8 Å². The van der Waals surface area contributed by atoms with E-state index in [9.17, 15) is 13.0 Å².